The molecule has 3 rings (SSSR count). The van der Waals surface area contributed by atoms with Crippen LogP contribution >= 0.6 is 0 Å². The van der Waals surface area contributed by atoms with Gasteiger partial charge in [0.15, 0.2) is 0 Å². The van der Waals surface area contributed by atoms with Crippen LogP contribution in [0.2, 0.25) is 0 Å². The Morgan fingerprint density at radius 1 is 1.41 bits per heavy atom. The normalized spacial score (nSPS) is 21.0. The first-order valence-electron chi connectivity index (χ1n) is 7.88. The summed E-state index contributed by atoms with van der Waals surface area (Å²) >= 11 is 0. The minimum Gasteiger partial charge on any atom is -0.368 e. The van der Waals surface area contributed by atoms with E-state index in [9.17, 15) is 9.59 Å². The predicted molar refractivity (Wildman–Crippen MR) is 83.3 cm³/mol. The Morgan fingerprint density at radius 3 is 2.95 bits per heavy atom. The van der Waals surface area contributed by atoms with Crippen LogP contribution in [0.25, 0.3) is 0 Å². The van der Waals surface area contributed by atoms with Crippen LogP contribution in [0.1, 0.15) is 24.8 Å². The number of aryl methyl sites for hydroxylation is 1. The zero-order valence-electron chi connectivity index (χ0n) is 12.8. The lowest BCUT2D eigenvalue weighted by molar-refractivity contribution is -0.129. The molecule has 2 N–H and O–H groups in total. The first-order valence-corrected chi connectivity index (χ1v) is 7.88. The molecular weight excluding hydrogens is 280 g/mol. The number of pyridine rings is 1. The van der Waals surface area contributed by atoms with E-state index in [4.69, 9.17) is 0 Å². The highest BCUT2D eigenvalue weighted by Gasteiger charge is 2.41. The number of hydrogen-bond donors (Lipinski definition) is 2. The highest BCUT2D eigenvalue weighted by atomic mass is 16.2. The quantitative estimate of drug-likeness (QED) is 0.767. The molecular formula is C16H22N4O2. The van der Waals surface area contributed by atoms with Gasteiger partial charge < -0.3 is 15.5 Å². The maximum atomic E-state index is 12.1. The number of nitrogens with one attached hydrogen (secondary N) is 2. The van der Waals surface area contributed by atoms with E-state index in [2.05, 4.69) is 15.6 Å². The molecule has 1 saturated heterocycles. The fourth-order valence-corrected chi connectivity index (χ4v) is 2.83. The van der Waals surface area contributed by atoms with Crippen molar-refractivity contribution >= 4 is 17.6 Å². The van der Waals surface area contributed by atoms with Gasteiger partial charge in [0.2, 0.25) is 11.8 Å². The van der Waals surface area contributed by atoms with Crippen LogP contribution in [0, 0.1) is 12.8 Å². The van der Waals surface area contributed by atoms with Crippen LogP contribution in [-0.4, -0.2) is 47.4 Å². The fourth-order valence-electron chi connectivity index (χ4n) is 2.83. The smallest absolute Gasteiger partial charge is 0.225 e. The SMILES string of the molecule is Cc1cccnc1NCCNC(=O)C1CC(=O)N(C2CC2)C1. The molecule has 0 aromatic carbocycles. The van der Waals surface area contributed by atoms with Crippen LogP contribution < -0.4 is 10.6 Å². The van der Waals surface area contributed by atoms with E-state index in [1.165, 1.54) is 0 Å². The number of carbonyl (C=O) groups is 2. The van der Waals surface area contributed by atoms with Gasteiger partial charge in [0.25, 0.3) is 0 Å². The number of likely N-dealkylation sites (tertiary alicyclic amines) is 1. The Hall–Kier alpha value is -2.11. The van der Waals surface area contributed by atoms with Crippen LogP contribution in [0.4, 0.5) is 5.82 Å². The van der Waals surface area contributed by atoms with Crippen molar-refractivity contribution < 1.29 is 9.59 Å². The first-order chi connectivity index (χ1) is 10.6. The third-order valence-electron chi connectivity index (χ3n) is 4.24. The number of nitrogens with zero attached hydrogens (tertiary/aromatic N) is 2. The maximum Gasteiger partial charge on any atom is 0.225 e. The zero-order valence-corrected chi connectivity index (χ0v) is 12.8. The summed E-state index contributed by atoms with van der Waals surface area (Å²) in [5, 5.41) is 6.11. The molecule has 0 bridgehead atoms. The lowest BCUT2D eigenvalue weighted by atomic mass is 10.1. The zero-order chi connectivity index (χ0) is 15.5. The molecule has 1 aliphatic carbocycles. The molecule has 118 valence electrons. The Labute approximate surface area is 130 Å². The molecule has 1 aromatic rings. The summed E-state index contributed by atoms with van der Waals surface area (Å²) in [6.07, 6.45) is 4.28. The van der Waals surface area contributed by atoms with Gasteiger partial charge in [-0.15, -0.1) is 0 Å². The Kier molecular flexibility index (Phi) is 4.27. The fraction of sp³-hybridized carbons (Fsp3) is 0.562. The van der Waals surface area contributed by atoms with E-state index in [1.807, 2.05) is 24.0 Å². The molecule has 1 saturated carbocycles. The van der Waals surface area contributed by atoms with E-state index in [-0.39, 0.29) is 17.7 Å². The topological polar surface area (TPSA) is 74.3 Å². The molecule has 2 fully saturated rings. The van der Waals surface area contributed by atoms with Crippen molar-refractivity contribution in [3.8, 4) is 0 Å². The van der Waals surface area contributed by atoms with Crippen LogP contribution in [0.5, 0.6) is 0 Å². The molecule has 1 atom stereocenters. The second-order valence-electron chi connectivity index (χ2n) is 6.07. The van der Waals surface area contributed by atoms with Crippen molar-refractivity contribution in [2.24, 2.45) is 5.92 Å². The number of aromatic nitrogens is 1. The second kappa shape index (κ2) is 6.34. The van der Waals surface area contributed by atoms with Gasteiger partial charge in [-0.1, -0.05) is 6.07 Å². The standard InChI is InChI=1S/C16H22N4O2/c1-11-3-2-6-17-15(11)18-7-8-19-16(22)12-9-14(21)20(10-12)13-4-5-13/h2-3,6,12-13H,4-5,7-10H2,1H3,(H,17,18)(H,19,22). The maximum absolute atomic E-state index is 12.1. The molecule has 0 radical (unpaired) electrons. The lowest BCUT2D eigenvalue weighted by Gasteiger charge is -2.15. The number of carbonyl (C=O) groups excluding carboxylic acids is 2. The van der Waals surface area contributed by atoms with Gasteiger partial charge in [0.05, 0.1) is 5.92 Å². The predicted octanol–water partition coefficient (Wildman–Crippen LogP) is 0.929. The number of anilines is 1. The molecule has 2 aliphatic rings. The molecule has 1 unspecified atom stereocenters. The van der Waals surface area contributed by atoms with Crippen LogP contribution in [0.15, 0.2) is 18.3 Å². The summed E-state index contributed by atoms with van der Waals surface area (Å²) in [6, 6.07) is 4.29. The van der Waals surface area contributed by atoms with Crippen molar-refractivity contribution in [1.29, 1.82) is 0 Å². The third-order valence-corrected chi connectivity index (χ3v) is 4.24. The van der Waals surface area contributed by atoms with E-state index in [0.717, 1.165) is 24.2 Å². The van der Waals surface area contributed by atoms with Crippen LogP contribution in [-0.2, 0) is 9.59 Å². The van der Waals surface area contributed by atoms with Crippen molar-refractivity contribution in [2.75, 3.05) is 25.0 Å². The molecule has 0 spiro atoms. The summed E-state index contributed by atoms with van der Waals surface area (Å²) in [4.78, 5) is 30.1. The van der Waals surface area contributed by atoms with E-state index < -0.39 is 0 Å². The highest BCUT2D eigenvalue weighted by molar-refractivity contribution is 5.89. The average Bonchev–Trinajstić information content (AvgIpc) is 3.27. The van der Waals surface area contributed by atoms with E-state index in [0.29, 0.717) is 32.1 Å². The average molecular weight is 302 g/mol. The van der Waals surface area contributed by atoms with Gasteiger partial charge >= 0.3 is 0 Å². The van der Waals surface area contributed by atoms with Gasteiger partial charge in [-0.05, 0) is 31.4 Å². The Bertz CT molecular complexity index is 571. The highest BCUT2D eigenvalue weighted by Crippen LogP contribution is 2.32. The molecule has 2 heterocycles. The van der Waals surface area contributed by atoms with E-state index >= 15 is 0 Å². The van der Waals surface area contributed by atoms with Crippen molar-refractivity contribution in [3.05, 3.63) is 23.9 Å². The summed E-state index contributed by atoms with van der Waals surface area (Å²) < 4.78 is 0. The Balaban J connectivity index is 1.39. The summed E-state index contributed by atoms with van der Waals surface area (Å²) in [7, 11) is 0. The summed E-state index contributed by atoms with van der Waals surface area (Å²) in [5.41, 5.74) is 1.08. The lowest BCUT2D eigenvalue weighted by Crippen LogP contribution is -2.36. The molecule has 1 aromatic heterocycles. The molecule has 1 aliphatic heterocycles. The van der Waals surface area contributed by atoms with Gasteiger partial charge in [0, 0.05) is 38.3 Å². The largest absolute Gasteiger partial charge is 0.368 e. The third kappa shape index (κ3) is 3.37. The summed E-state index contributed by atoms with van der Waals surface area (Å²) in [5.74, 6) is 0.762. The molecule has 22 heavy (non-hydrogen) atoms. The van der Waals surface area contributed by atoms with Crippen molar-refractivity contribution in [1.82, 2.24) is 15.2 Å². The van der Waals surface area contributed by atoms with Gasteiger partial charge in [-0.3, -0.25) is 9.59 Å². The number of hydrogen-bond acceptors (Lipinski definition) is 4. The van der Waals surface area contributed by atoms with Crippen LogP contribution in [0.3, 0.4) is 0 Å². The molecule has 2 amide bonds. The minimum absolute atomic E-state index is 0.0176. The first kappa shape index (κ1) is 14.8. The summed E-state index contributed by atoms with van der Waals surface area (Å²) in [6.45, 7) is 3.73. The van der Waals surface area contributed by atoms with E-state index in [1.54, 1.807) is 6.20 Å². The van der Waals surface area contributed by atoms with Crippen molar-refractivity contribution in [3.63, 3.8) is 0 Å². The van der Waals surface area contributed by atoms with Gasteiger partial charge in [-0.2, -0.15) is 0 Å². The monoisotopic (exact) mass is 302 g/mol. The second-order valence-corrected chi connectivity index (χ2v) is 6.07. The molecule has 6 heteroatoms. The minimum atomic E-state index is -0.190. The van der Waals surface area contributed by atoms with Crippen molar-refractivity contribution in [2.45, 2.75) is 32.2 Å². The number of rotatable bonds is 6. The number of amides is 2. The Morgan fingerprint density at radius 2 is 2.23 bits per heavy atom. The van der Waals surface area contributed by atoms with Gasteiger partial charge in [0.1, 0.15) is 5.82 Å². The molecule has 6 nitrogen and oxygen atoms in total. The van der Waals surface area contributed by atoms with Gasteiger partial charge in [-0.25, -0.2) is 4.98 Å².